The zero-order valence-electron chi connectivity index (χ0n) is 7.92. The first-order valence-corrected chi connectivity index (χ1v) is 4.29. The molecule has 2 nitrogen and oxygen atoms in total. The van der Waals surface area contributed by atoms with Crippen LogP contribution in [0.4, 0.5) is 0 Å². The van der Waals surface area contributed by atoms with Crippen molar-refractivity contribution in [3.05, 3.63) is 29.3 Å². The first-order chi connectivity index (χ1) is 6.15. The summed E-state index contributed by atoms with van der Waals surface area (Å²) in [4.78, 5) is 11.4. The molecule has 0 fully saturated rings. The molecule has 2 radical (unpaired) electrons. The van der Waals surface area contributed by atoms with Gasteiger partial charge in [-0.15, -0.1) is 0 Å². The van der Waals surface area contributed by atoms with Gasteiger partial charge < -0.3 is 5.32 Å². The molecule has 3 heteroatoms. The fraction of sp³-hybridized carbons (Fsp3) is 0.300. The van der Waals surface area contributed by atoms with Crippen molar-refractivity contribution in [3.8, 4) is 0 Å². The van der Waals surface area contributed by atoms with Crippen molar-refractivity contribution in [2.24, 2.45) is 0 Å². The molecule has 0 aliphatic heterocycles. The number of rotatable bonds is 2. The van der Waals surface area contributed by atoms with Crippen molar-refractivity contribution < 1.29 is 4.79 Å². The minimum atomic E-state index is -0.0417. The molecule has 1 amide bonds. The molecule has 0 unspecified atom stereocenters. The number of carbonyl (C=O) groups excluding carboxylic acids is 1. The van der Waals surface area contributed by atoms with Gasteiger partial charge in [0, 0.05) is 12.1 Å². The topological polar surface area (TPSA) is 29.1 Å². The third kappa shape index (κ3) is 2.34. The van der Waals surface area contributed by atoms with E-state index in [2.05, 4.69) is 5.32 Å². The lowest BCUT2D eigenvalue weighted by Crippen LogP contribution is -2.24. The highest BCUT2D eigenvalue weighted by molar-refractivity contribution is 6.32. The molecule has 0 spiro atoms. The summed E-state index contributed by atoms with van der Waals surface area (Å²) < 4.78 is 0. The molecule has 0 aliphatic carbocycles. The summed E-state index contributed by atoms with van der Waals surface area (Å²) in [5.74, 6) is -0.0417. The summed E-state index contributed by atoms with van der Waals surface area (Å²) in [6.07, 6.45) is 0. The second-order valence-electron chi connectivity index (χ2n) is 2.93. The van der Waals surface area contributed by atoms with Gasteiger partial charge in [-0.05, 0) is 25.5 Å². The van der Waals surface area contributed by atoms with Crippen LogP contribution in [0.2, 0.25) is 0 Å². The third-order valence-electron chi connectivity index (χ3n) is 1.83. The van der Waals surface area contributed by atoms with Crippen LogP contribution in [0, 0.1) is 6.92 Å². The van der Waals surface area contributed by atoms with Crippen molar-refractivity contribution in [1.29, 1.82) is 0 Å². The van der Waals surface area contributed by atoms with E-state index in [4.69, 9.17) is 7.85 Å². The summed E-state index contributed by atoms with van der Waals surface area (Å²) in [6.45, 7) is 4.41. The van der Waals surface area contributed by atoms with Gasteiger partial charge >= 0.3 is 0 Å². The SMILES string of the molecule is [B]c1ccc(C(=O)NCC)c(C)c1. The molecule has 0 atom stereocenters. The number of hydrogen-bond donors (Lipinski definition) is 1. The Labute approximate surface area is 79.8 Å². The van der Waals surface area contributed by atoms with Crippen LogP contribution >= 0.6 is 0 Å². The molecule has 1 rings (SSSR count). The molecule has 66 valence electrons. The smallest absolute Gasteiger partial charge is 0.251 e. The number of amides is 1. The van der Waals surface area contributed by atoms with Crippen LogP contribution in [0.15, 0.2) is 18.2 Å². The van der Waals surface area contributed by atoms with Crippen LogP contribution in [-0.4, -0.2) is 20.3 Å². The highest BCUT2D eigenvalue weighted by Gasteiger charge is 2.06. The van der Waals surface area contributed by atoms with Crippen LogP contribution < -0.4 is 10.8 Å². The molecular formula is C10H12BNO. The van der Waals surface area contributed by atoms with E-state index in [1.807, 2.05) is 13.8 Å². The summed E-state index contributed by atoms with van der Waals surface area (Å²) in [5, 5.41) is 2.74. The van der Waals surface area contributed by atoms with E-state index in [1.165, 1.54) is 0 Å². The normalized spacial score (nSPS) is 9.69. The standard InChI is InChI=1S/C10H12BNO/c1-3-12-10(13)9-5-4-8(11)6-7(9)2/h4-6H,3H2,1-2H3,(H,12,13). The zero-order valence-corrected chi connectivity index (χ0v) is 7.92. The maximum Gasteiger partial charge on any atom is 0.251 e. The predicted octanol–water partition coefficient (Wildman–Crippen LogP) is 0.539. The van der Waals surface area contributed by atoms with E-state index in [-0.39, 0.29) is 5.91 Å². The second kappa shape index (κ2) is 4.12. The molecule has 1 aromatic carbocycles. The Kier molecular flexibility index (Phi) is 3.12. The maximum absolute atomic E-state index is 11.4. The summed E-state index contributed by atoms with van der Waals surface area (Å²) >= 11 is 0. The molecule has 0 saturated carbocycles. The quantitative estimate of drug-likeness (QED) is 0.649. The van der Waals surface area contributed by atoms with Gasteiger partial charge in [0.1, 0.15) is 7.85 Å². The van der Waals surface area contributed by atoms with Crippen molar-refractivity contribution >= 4 is 19.2 Å². The summed E-state index contributed by atoms with van der Waals surface area (Å²) in [7, 11) is 5.57. The van der Waals surface area contributed by atoms with Gasteiger partial charge in [0.2, 0.25) is 0 Å². The van der Waals surface area contributed by atoms with E-state index in [0.717, 1.165) is 5.56 Å². The van der Waals surface area contributed by atoms with Gasteiger partial charge in [0.05, 0.1) is 0 Å². The second-order valence-corrected chi connectivity index (χ2v) is 2.93. The summed E-state index contributed by atoms with van der Waals surface area (Å²) in [5.41, 5.74) is 2.28. The van der Waals surface area contributed by atoms with Gasteiger partial charge in [-0.25, -0.2) is 0 Å². The number of aryl methyl sites for hydroxylation is 1. The monoisotopic (exact) mass is 173 g/mol. The van der Waals surface area contributed by atoms with Crippen LogP contribution in [0.5, 0.6) is 0 Å². The fourth-order valence-electron chi connectivity index (χ4n) is 1.20. The Bertz CT molecular complexity index is 323. The van der Waals surface area contributed by atoms with Crippen LogP contribution in [0.3, 0.4) is 0 Å². The number of nitrogens with one attached hydrogen (secondary N) is 1. The Morgan fingerprint density at radius 3 is 2.77 bits per heavy atom. The van der Waals surface area contributed by atoms with Crippen molar-refractivity contribution in [3.63, 3.8) is 0 Å². The minimum Gasteiger partial charge on any atom is -0.352 e. The lowest BCUT2D eigenvalue weighted by atomic mass is 9.92. The van der Waals surface area contributed by atoms with Gasteiger partial charge in [-0.2, -0.15) is 0 Å². The Balaban J connectivity index is 2.95. The first kappa shape index (κ1) is 9.84. The Hall–Kier alpha value is -1.25. The molecule has 13 heavy (non-hydrogen) atoms. The maximum atomic E-state index is 11.4. The average molecular weight is 173 g/mol. The molecular weight excluding hydrogens is 161 g/mol. The molecule has 1 aromatic rings. The molecule has 0 saturated heterocycles. The van der Waals surface area contributed by atoms with E-state index in [1.54, 1.807) is 18.2 Å². The van der Waals surface area contributed by atoms with Gasteiger partial charge in [-0.3, -0.25) is 4.79 Å². The number of hydrogen-bond acceptors (Lipinski definition) is 1. The summed E-state index contributed by atoms with van der Waals surface area (Å²) in [6, 6.07) is 5.28. The first-order valence-electron chi connectivity index (χ1n) is 4.29. The molecule has 0 aromatic heterocycles. The zero-order chi connectivity index (χ0) is 9.84. The van der Waals surface area contributed by atoms with Crippen molar-refractivity contribution in [1.82, 2.24) is 5.32 Å². The Morgan fingerprint density at radius 1 is 1.54 bits per heavy atom. The fourth-order valence-corrected chi connectivity index (χ4v) is 1.20. The highest BCUT2D eigenvalue weighted by atomic mass is 16.1. The van der Waals surface area contributed by atoms with Crippen LogP contribution in [0.1, 0.15) is 22.8 Å². The lowest BCUT2D eigenvalue weighted by Gasteiger charge is -2.06. The number of carbonyl (C=O) groups is 1. The van der Waals surface area contributed by atoms with Crippen molar-refractivity contribution in [2.45, 2.75) is 13.8 Å². The van der Waals surface area contributed by atoms with Gasteiger partial charge in [0.15, 0.2) is 0 Å². The van der Waals surface area contributed by atoms with E-state index < -0.39 is 0 Å². The highest BCUT2D eigenvalue weighted by Crippen LogP contribution is 2.04. The van der Waals surface area contributed by atoms with E-state index >= 15 is 0 Å². The molecule has 0 heterocycles. The lowest BCUT2D eigenvalue weighted by molar-refractivity contribution is 0.0955. The van der Waals surface area contributed by atoms with Gasteiger partial charge in [0.25, 0.3) is 5.91 Å². The molecule has 1 N–H and O–H groups in total. The molecule has 0 aliphatic rings. The molecule has 0 bridgehead atoms. The van der Waals surface area contributed by atoms with Crippen LogP contribution in [0.25, 0.3) is 0 Å². The minimum absolute atomic E-state index is 0.0417. The largest absolute Gasteiger partial charge is 0.352 e. The average Bonchev–Trinajstić information content (AvgIpc) is 2.04. The van der Waals surface area contributed by atoms with E-state index in [9.17, 15) is 4.79 Å². The predicted molar refractivity (Wildman–Crippen MR) is 54.6 cm³/mol. The third-order valence-corrected chi connectivity index (χ3v) is 1.83. The number of benzene rings is 1. The van der Waals surface area contributed by atoms with E-state index in [0.29, 0.717) is 17.6 Å². The van der Waals surface area contributed by atoms with Crippen molar-refractivity contribution in [2.75, 3.05) is 6.54 Å². The Morgan fingerprint density at radius 2 is 2.23 bits per heavy atom. The van der Waals surface area contributed by atoms with Crippen LogP contribution in [-0.2, 0) is 0 Å². The van der Waals surface area contributed by atoms with Gasteiger partial charge in [-0.1, -0.05) is 17.6 Å².